The maximum absolute atomic E-state index is 11.1. The van der Waals surface area contributed by atoms with Crippen LogP contribution < -0.4 is 5.09 Å². The smallest absolute Gasteiger partial charge is 0.402 e. The van der Waals surface area contributed by atoms with E-state index in [2.05, 4.69) is 9.61 Å². The molecule has 0 aromatic heterocycles. The summed E-state index contributed by atoms with van der Waals surface area (Å²) in [5, 5.41) is 2.24. The monoisotopic (exact) mass is 225 g/mol. The Morgan fingerprint density at radius 3 is 2.64 bits per heavy atom. The molecule has 0 spiro atoms. The second-order valence-corrected chi connectivity index (χ2v) is 4.44. The van der Waals surface area contributed by atoms with Crippen LogP contribution in [-0.4, -0.2) is 31.1 Å². The molecule has 0 fully saturated rings. The van der Waals surface area contributed by atoms with E-state index in [0.717, 1.165) is 7.11 Å². The number of hydrogen-bond donors (Lipinski definition) is 2. The van der Waals surface area contributed by atoms with Gasteiger partial charge >= 0.3 is 13.7 Å². The summed E-state index contributed by atoms with van der Waals surface area (Å²) in [5.41, 5.74) is 0. The number of rotatable bonds is 6. The van der Waals surface area contributed by atoms with Crippen molar-refractivity contribution in [1.29, 1.82) is 0 Å². The molecule has 0 saturated carbocycles. The van der Waals surface area contributed by atoms with Crippen LogP contribution in [0.5, 0.6) is 0 Å². The van der Waals surface area contributed by atoms with Crippen LogP contribution in [0.4, 0.5) is 0 Å². The molecule has 14 heavy (non-hydrogen) atoms. The summed E-state index contributed by atoms with van der Waals surface area (Å²) >= 11 is 0. The Kier molecular flexibility index (Phi) is 5.95. The molecule has 2 atom stereocenters. The second kappa shape index (κ2) is 6.14. The number of carbonyl (C=O) groups excluding carboxylic acids is 1. The van der Waals surface area contributed by atoms with Gasteiger partial charge in [-0.15, -0.1) is 0 Å². The largest absolute Gasteiger partial charge is 0.466 e. The van der Waals surface area contributed by atoms with Crippen LogP contribution in [0.3, 0.4) is 0 Å². The van der Waals surface area contributed by atoms with Gasteiger partial charge in [-0.25, -0.2) is 9.65 Å². The Bertz CT molecular complexity index is 232. The van der Waals surface area contributed by atoms with Gasteiger partial charge in [0.2, 0.25) is 0 Å². The normalized spacial score (nSPS) is 17.1. The number of esters is 1. The highest BCUT2D eigenvalue weighted by atomic mass is 31.2. The molecule has 0 aliphatic heterocycles. The van der Waals surface area contributed by atoms with E-state index in [1.807, 2.05) is 0 Å². The zero-order valence-corrected chi connectivity index (χ0v) is 9.41. The molecular weight excluding hydrogens is 209 g/mol. The first kappa shape index (κ1) is 13.6. The third-order valence-corrected chi connectivity index (χ3v) is 2.61. The van der Waals surface area contributed by atoms with Crippen molar-refractivity contribution in [2.24, 2.45) is 5.92 Å². The first-order chi connectivity index (χ1) is 6.43. The van der Waals surface area contributed by atoms with Gasteiger partial charge in [0.25, 0.3) is 0 Å². The van der Waals surface area contributed by atoms with E-state index in [0.29, 0.717) is 6.61 Å². The number of hydrogen-bond acceptors (Lipinski definition) is 4. The lowest BCUT2D eigenvalue weighted by Gasteiger charge is -2.14. The fourth-order valence-corrected chi connectivity index (χ4v) is 1.32. The van der Waals surface area contributed by atoms with Gasteiger partial charge in [0, 0.05) is 13.7 Å². The Hall–Kier alpha value is -0.420. The fraction of sp³-hybridized carbons (Fsp3) is 0.857. The first-order valence-electron chi connectivity index (χ1n) is 4.23. The predicted octanol–water partition coefficient (Wildman–Crippen LogP) is 0.522. The molecule has 0 amide bonds. The third-order valence-electron chi connectivity index (χ3n) is 1.53. The Labute approximate surface area is 83.2 Å². The molecule has 0 bridgehead atoms. The highest BCUT2D eigenvalue weighted by Gasteiger charge is 2.21. The van der Waals surface area contributed by atoms with Gasteiger partial charge in [-0.1, -0.05) is 6.92 Å². The molecular formula is C7H16NO5P. The van der Waals surface area contributed by atoms with Crippen molar-refractivity contribution in [2.75, 3.05) is 20.3 Å². The average Bonchev–Trinajstić information content (AvgIpc) is 2.15. The fourth-order valence-electron chi connectivity index (χ4n) is 0.685. The van der Waals surface area contributed by atoms with E-state index in [1.54, 1.807) is 13.8 Å². The van der Waals surface area contributed by atoms with E-state index >= 15 is 0 Å². The van der Waals surface area contributed by atoms with Crippen LogP contribution in [0.25, 0.3) is 0 Å². The summed E-state index contributed by atoms with van der Waals surface area (Å²) in [6, 6.07) is 0. The lowest BCUT2D eigenvalue weighted by molar-refractivity contribution is -0.147. The van der Waals surface area contributed by atoms with E-state index in [4.69, 9.17) is 9.63 Å². The molecule has 6 nitrogen and oxygen atoms in total. The van der Waals surface area contributed by atoms with E-state index in [1.165, 1.54) is 0 Å². The van der Waals surface area contributed by atoms with Gasteiger partial charge in [0.05, 0.1) is 12.5 Å². The number of nitrogens with one attached hydrogen (secondary N) is 1. The molecule has 0 aromatic carbocycles. The summed E-state index contributed by atoms with van der Waals surface area (Å²) < 4.78 is 19.9. The molecule has 2 N–H and O–H groups in total. The molecule has 0 saturated heterocycles. The molecule has 0 radical (unpaired) electrons. The Balaban J connectivity index is 3.90. The number of carbonyl (C=O) groups is 1. The SMILES string of the molecule is CCOC(=O)[C@H](C)CNP(=O)(O)OC. The van der Waals surface area contributed by atoms with Crippen LogP contribution in [0.15, 0.2) is 0 Å². The first-order valence-corrected chi connectivity index (χ1v) is 5.81. The summed E-state index contributed by atoms with van der Waals surface area (Å²) in [6.07, 6.45) is 0. The third kappa shape index (κ3) is 5.34. The molecule has 0 aliphatic rings. The molecule has 7 heteroatoms. The minimum absolute atomic E-state index is 0.0421. The number of ether oxygens (including phenoxy) is 1. The van der Waals surface area contributed by atoms with Crippen molar-refractivity contribution in [3.05, 3.63) is 0 Å². The maximum atomic E-state index is 11.1. The molecule has 0 rings (SSSR count). The lowest BCUT2D eigenvalue weighted by Crippen LogP contribution is -2.26. The van der Waals surface area contributed by atoms with E-state index in [9.17, 15) is 9.36 Å². The van der Waals surface area contributed by atoms with Gasteiger partial charge in [-0.3, -0.25) is 4.79 Å². The zero-order chi connectivity index (χ0) is 11.2. The van der Waals surface area contributed by atoms with Crippen molar-refractivity contribution in [3.8, 4) is 0 Å². The van der Waals surface area contributed by atoms with Crippen molar-refractivity contribution in [3.63, 3.8) is 0 Å². The summed E-state index contributed by atoms with van der Waals surface area (Å²) in [6.45, 7) is 3.63. The van der Waals surface area contributed by atoms with Crippen LogP contribution in [0.1, 0.15) is 13.8 Å². The van der Waals surface area contributed by atoms with E-state index < -0.39 is 19.6 Å². The van der Waals surface area contributed by atoms with Crippen LogP contribution in [0, 0.1) is 5.92 Å². The van der Waals surface area contributed by atoms with Gasteiger partial charge < -0.3 is 14.2 Å². The van der Waals surface area contributed by atoms with Crippen molar-refractivity contribution in [1.82, 2.24) is 5.09 Å². The summed E-state index contributed by atoms with van der Waals surface area (Å²) in [4.78, 5) is 20.0. The minimum atomic E-state index is -3.74. The summed E-state index contributed by atoms with van der Waals surface area (Å²) in [7, 11) is -2.63. The molecule has 0 aliphatic carbocycles. The molecule has 0 heterocycles. The van der Waals surface area contributed by atoms with Crippen LogP contribution >= 0.6 is 7.75 Å². The Morgan fingerprint density at radius 1 is 1.64 bits per heavy atom. The molecule has 0 aromatic rings. The Morgan fingerprint density at radius 2 is 2.21 bits per heavy atom. The quantitative estimate of drug-likeness (QED) is 0.506. The van der Waals surface area contributed by atoms with E-state index in [-0.39, 0.29) is 6.54 Å². The van der Waals surface area contributed by atoms with Gasteiger partial charge in [0.1, 0.15) is 0 Å². The second-order valence-electron chi connectivity index (χ2n) is 2.72. The minimum Gasteiger partial charge on any atom is -0.466 e. The lowest BCUT2D eigenvalue weighted by atomic mass is 10.2. The van der Waals surface area contributed by atoms with Gasteiger partial charge in [0.15, 0.2) is 0 Å². The average molecular weight is 225 g/mol. The van der Waals surface area contributed by atoms with Gasteiger partial charge in [-0.05, 0) is 6.92 Å². The zero-order valence-electron chi connectivity index (χ0n) is 8.52. The van der Waals surface area contributed by atoms with Crippen molar-refractivity contribution >= 4 is 13.7 Å². The van der Waals surface area contributed by atoms with Crippen molar-refractivity contribution < 1.29 is 23.5 Å². The standard InChI is InChI=1S/C7H16NO5P/c1-4-13-7(9)6(2)5-8-14(10,11)12-3/h6H,4-5H2,1-3H3,(H2,8,10,11)/t6-/m1/s1. The highest BCUT2D eigenvalue weighted by Crippen LogP contribution is 2.34. The predicted molar refractivity (Wildman–Crippen MR) is 50.6 cm³/mol. The molecule has 1 unspecified atom stereocenters. The maximum Gasteiger partial charge on any atom is 0.402 e. The summed E-state index contributed by atoms with van der Waals surface area (Å²) in [5.74, 6) is -0.887. The van der Waals surface area contributed by atoms with Crippen LogP contribution in [-0.2, 0) is 18.6 Å². The topological polar surface area (TPSA) is 84.9 Å². The highest BCUT2D eigenvalue weighted by molar-refractivity contribution is 7.50. The van der Waals surface area contributed by atoms with Crippen LogP contribution in [0.2, 0.25) is 0 Å². The van der Waals surface area contributed by atoms with Crippen molar-refractivity contribution in [2.45, 2.75) is 13.8 Å². The molecule has 84 valence electrons. The van der Waals surface area contributed by atoms with Gasteiger partial charge in [-0.2, -0.15) is 0 Å².